The Bertz CT molecular complexity index is 1000. The molecule has 2 aromatic rings. The third-order valence-corrected chi connectivity index (χ3v) is 8.09. The van der Waals surface area contributed by atoms with Gasteiger partial charge in [-0.3, -0.25) is 0 Å². The number of ether oxygens (including phenoxy) is 2. The van der Waals surface area contributed by atoms with Gasteiger partial charge in [-0.25, -0.2) is 14.5 Å². The lowest BCUT2D eigenvalue weighted by atomic mass is 10.1. The van der Waals surface area contributed by atoms with E-state index in [9.17, 15) is 4.79 Å². The molecule has 0 radical (unpaired) electrons. The highest BCUT2D eigenvalue weighted by Gasteiger charge is 2.45. The molecule has 0 spiro atoms. The van der Waals surface area contributed by atoms with Crippen molar-refractivity contribution in [3.8, 4) is 0 Å². The zero-order valence-electron chi connectivity index (χ0n) is 20.3. The van der Waals surface area contributed by atoms with Crippen LogP contribution in [0.3, 0.4) is 0 Å². The number of carbonyl (C=O) groups is 1. The van der Waals surface area contributed by atoms with Crippen molar-refractivity contribution >= 4 is 25.9 Å². The predicted octanol–water partition coefficient (Wildman–Crippen LogP) is 4.46. The third-order valence-electron chi connectivity index (χ3n) is 6.39. The normalized spacial score (nSPS) is 19.5. The molecular formula is C25H36N4O3Si. The van der Waals surface area contributed by atoms with Crippen LogP contribution in [-0.2, 0) is 22.6 Å². The lowest BCUT2D eigenvalue weighted by Gasteiger charge is -2.20. The molecule has 1 aliphatic heterocycles. The largest absolute Gasteiger partial charge is 0.461 e. The van der Waals surface area contributed by atoms with E-state index in [0.29, 0.717) is 25.3 Å². The minimum absolute atomic E-state index is 0.238. The van der Waals surface area contributed by atoms with Crippen molar-refractivity contribution in [2.75, 3.05) is 31.2 Å². The SMILES string of the molecule is C=Cc1nc(N2CC3CC3C2)ccc1Cc1cc(C(=O)OCC)n(COCC[Si](C)(C)C)n1. The Morgan fingerprint density at radius 3 is 2.70 bits per heavy atom. The van der Waals surface area contributed by atoms with Gasteiger partial charge < -0.3 is 14.4 Å². The van der Waals surface area contributed by atoms with Crippen molar-refractivity contribution in [3.05, 3.63) is 47.4 Å². The van der Waals surface area contributed by atoms with E-state index in [2.05, 4.69) is 48.4 Å². The molecule has 0 bridgehead atoms. The fourth-order valence-corrected chi connectivity index (χ4v) is 5.09. The van der Waals surface area contributed by atoms with Gasteiger partial charge in [-0.2, -0.15) is 5.10 Å². The predicted molar refractivity (Wildman–Crippen MR) is 133 cm³/mol. The van der Waals surface area contributed by atoms with E-state index in [0.717, 1.165) is 53.7 Å². The van der Waals surface area contributed by atoms with Crippen LogP contribution in [0.25, 0.3) is 6.08 Å². The molecule has 0 aromatic carbocycles. The molecule has 2 aromatic heterocycles. The van der Waals surface area contributed by atoms with E-state index in [1.165, 1.54) is 6.42 Å². The number of carbonyl (C=O) groups excluding carboxylic acids is 1. The summed E-state index contributed by atoms with van der Waals surface area (Å²) >= 11 is 0. The van der Waals surface area contributed by atoms with E-state index < -0.39 is 8.07 Å². The number of hydrogen-bond donors (Lipinski definition) is 0. The van der Waals surface area contributed by atoms with Gasteiger partial charge in [0.1, 0.15) is 18.2 Å². The highest BCUT2D eigenvalue weighted by molar-refractivity contribution is 6.76. The number of anilines is 1. The summed E-state index contributed by atoms with van der Waals surface area (Å²) in [7, 11) is -1.18. The Kier molecular flexibility index (Phi) is 7.04. The lowest BCUT2D eigenvalue weighted by Crippen LogP contribution is -2.23. The van der Waals surface area contributed by atoms with Crippen LogP contribution in [0.5, 0.6) is 0 Å². The zero-order valence-corrected chi connectivity index (χ0v) is 21.3. The first kappa shape index (κ1) is 23.7. The number of aromatic nitrogens is 3. The van der Waals surface area contributed by atoms with E-state index in [1.54, 1.807) is 23.7 Å². The van der Waals surface area contributed by atoms with Crippen molar-refractivity contribution in [2.45, 2.75) is 52.2 Å². The number of esters is 1. The molecule has 4 rings (SSSR count). The molecule has 33 heavy (non-hydrogen) atoms. The van der Waals surface area contributed by atoms with Gasteiger partial charge in [0.25, 0.3) is 0 Å². The summed E-state index contributed by atoms with van der Waals surface area (Å²) < 4.78 is 12.7. The summed E-state index contributed by atoms with van der Waals surface area (Å²) in [6.45, 7) is 16.2. The van der Waals surface area contributed by atoms with E-state index in [1.807, 2.05) is 0 Å². The molecule has 1 saturated heterocycles. The Labute approximate surface area is 197 Å². The quantitative estimate of drug-likeness (QED) is 0.276. The molecule has 2 fully saturated rings. The van der Waals surface area contributed by atoms with Crippen LogP contribution in [-0.4, -0.2) is 55.1 Å². The zero-order chi connectivity index (χ0) is 23.6. The summed E-state index contributed by atoms with van der Waals surface area (Å²) in [6, 6.07) is 7.07. The molecule has 3 heterocycles. The second-order valence-electron chi connectivity index (χ2n) is 10.3. The second kappa shape index (κ2) is 9.81. The minimum Gasteiger partial charge on any atom is -0.461 e. The number of nitrogens with zero attached hydrogens (tertiary/aromatic N) is 4. The van der Waals surface area contributed by atoms with Gasteiger partial charge in [0.15, 0.2) is 0 Å². The van der Waals surface area contributed by atoms with Crippen LogP contribution in [0.1, 0.15) is 40.8 Å². The molecule has 8 heteroatoms. The molecule has 2 aliphatic rings. The number of rotatable bonds is 11. The summed E-state index contributed by atoms with van der Waals surface area (Å²) in [6.07, 6.45) is 3.74. The summed E-state index contributed by atoms with van der Waals surface area (Å²) in [5.74, 6) is 2.36. The first-order chi connectivity index (χ1) is 15.8. The van der Waals surface area contributed by atoms with Crippen molar-refractivity contribution < 1.29 is 14.3 Å². The maximum atomic E-state index is 12.5. The molecule has 2 unspecified atom stereocenters. The fraction of sp³-hybridized carbons (Fsp3) is 0.560. The number of piperidine rings is 1. The monoisotopic (exact) mass is 468 g/mol. The molecule has 0 amide bonds. The van der Waals surface area contributed by atoms with Crippen molar-refractivity contribution in [1.29, 1.82) is 0 Å². The Balaban J connectivity index is 1.48. The summed E-state index contributed by atoms with van der Waals surface area (Å²) in [5.41, 5.74) is 3.11. The van der Waals surface area contributed by atoms with Crippen molar-refractivity contribution in [1.82, 2.24) is 14.8 Å². The van der Waals surface area contributed by atoms with Crippen LogP contribution in [0, 0.1) is 11.8 Å². The van der Waals surface area contributed by atoms with Gasteiger partial charge in [-0.1, -0.05) is 32.3 Å². The number of pyridine rings is 1. The smallest absolute Gasteiger partial charge is 0.356 e. The van der Waals surface area contributed by atoms with Gasteiger partial charge >= 0.3 is 5.97 Å². The first-order valence-electron chi connectivity index (χ1n) is 12.0. The highest BCUT2D eigenvalue weighted by atomic mass is 28.3. The van der Waals surface area contributed by atoms with E-state index in [4.69, 9.17) is 14.5 Å². The number of fused-ring (bicyclic) bond motifs is 1. The van der Waals surface area contributed by atoms with E-state index >= 15 is 0 Å². The van der Waals surface area contributed by atoms with Gasteiger partial charge in [0, 0.05) is 34.2 Å². The summed E-state index contributed by atoms with van der Waals surface area (Å²) in [4.78, 5) is 19.7. The van der Waals surface area contributed by atoms with Gasteiger partial charge in [-0.15, -0.1) is 0 Å². The third kappa shape index (κ3) is 5.92. The second-order valence-corrected chi connectivity index (χ2v) is 16.0. The summed E-state index contributed by atoms with van der Waals surface area (Å²) in [5, 5.41) is 4.66. The van der Waals surface area contributed by atoms with Crippen molar-refractivity contribution in [2.24, 2.45) is 11.8 Å². The van der Waals surface area contributed by atoms with Crippen LogP contribution in [0.2, 0.25) is 25.7 Å². The average Bonchev–Trinajstić information content (AvgIpc) is 3.17. The Hall–Kier alpha value is -2.45. The Morgan fingerprint density at radius 1 is 1.27 bits per heavy atom. The van der Waals surface area contributed by atoms with Gasteiger partial charge in [0.05, 0.1) is 18.0 Å². The van der Waals surface area contributed by atoms with Gasteiger partial charge in [-0.05, 0) is 55.0 Å². The molecule has 7 nitrogen and oxygen atoms in total. The number of hydrogen-bond acceptors (Lipinski definition) is 6. The molecule has 1 aliphatic carbocycles. The highest BCUT2D eigenvalue weighted by Crippen LogP contribution is 2.46. The van der Waals surface area contributed by atoms with E-state index in [-0.39, 0.29) is 12.7 Å². The first-order valence-corrected chi connectivity index (χ1v) is 15.7. The van der Waals surface area contributed by atoms with Crippen molar-refractivity contribution in [3.63, 3.8) is 0 Å². The van der Waals surface area contributed by atoms with Crippen LogP contribution in [0.15, 0.2) is 24.8 Å². The lowest BCUT2D eigenvalue weighted by molar-refractivity contribution is 0.0455. The maximum Gasteiger partial charge on any atom is 0.356 e. The van der Waals surface area contributed by atoms with Gasteiger partial charge in [0.2, 0.25) is 0 Å². The van der Waals surface area contributed by atoms with Crippen LogP contribution < -0.4 is 4.90 Å². The maximum absolute atomic E-state index is 12.5. The average molecular weight is 469 g/mol. The molecule has 2 atom stereocenters. The Morgan fingerprint density at radius 2 is 2.03 bits per heavy atom. The molecule has 0 N–H and O–H groups in total. The van der Waals surface area contributed by atoms with Crippen LogP contribution in [0.4, 0.5) is 5.82 Å². The minimum atomic E-state index is -1.18. The fourth-order valence-electron chi connectivity index (χ4n) is 4.33. The topological polar surface area (TPSA) is 69.5 Å². The molecular weight excluding hydrogens is 432 g/mol. The molecule has 178 valence electrons. The standard InChI is InChI=1S/C25H36N4O3Si/c1-6-22-18(8-9-24(26-22)28-15-19-12-20(19)16-28)13-21-14-23(25(30)32-7-2)29(27-21)17-31-10-11-33(3,4)5/h6,8-9,14,19-20H,1,7,10-13,15-17H2,2-5H3. The molecule has 1 saturated carbocycles. The van der Waals surface area contributed by atoms with Crippen LogP contribution >= 0.6 is 0 Å².